The zero-order valence-corrected chi connectivity index (χ0v) is 16.8. The molecule has 1 atom stereocenters. The van der Waals surface area contributed by atoms with E-state index in [-0.39, 0.29) is 16.2 Å². The lowest BCUT2D eigenvalue weighted by molar-refractivity contribution is 0.180. The summed E-state index contributed by atoms with van der Waals surface area (Å²) in [6.07, 6.45) is 1.32. The van der Waals surface area contributed by atoms with E-state index in [2.05, 4.69) is 94.5 Å². The van der Waals surface area contributed by atoms with Crippen LogP contribution >= 0.6 is 22.6 Å². The van der Waals surface area contributed by atoms with Crippen LogP contribution in [0.25, 0.3) is 0 Å². The monoisotopic (exact) mass is 403 g/mol. The van der Waals surface area contributed by atoms with Gasteiger partial charge in [-0.15, -0.1) is 0 Å². The van der Waals surface area contributed by atoms with Crippen LogP contribution < -0.4 is 0 Å². The number of hydrogen-bond acceptors (Lipinski definition) is 1. The Hall–Kier alpha value is 0.127. The van der Waals surface area contributed by atoms with Crippen LogP contribution in [0.4, 0.5) is 0 Å². The molecule has 0 heterocycles. The third-order valence-electron chi connectivity index (χ3n) is 3.17. The lowest BCUT2D eigenvalue weighted by Gasteiger charge is -2.40. The van der Waals surface area contributed by atoms with Gasteiger partial charge in [-0.3, -0.25) is 0 Å². The van der Waals surface area contributed by atoms with Crippen molar-refractivity contribution in [3.05, 3.63) is 35.9 Å². The Morgan fingerprint density at radius 2 is 1.50 bits per heavy atom. The Bertz CT molecular complexity index is 378. The lowest BCUT2D eigenvalue weighted by atomic mass is 10.1. The van der Waals surface area contributed by atoms with Crippen LogP contribution in [-0.4, -0.2) is 13.5 Å². The van der Waals surface area contributed by atoms with Crippen molar-refractivity contribution < 1.29 is 4.43 Å². The predicted octanol–water partition coefficient (Wildman–Crippen LogP) is 6.16. The fourth-order valence-corrected chi connectivity index (χ4v) is 6.74. The first-order chi connectivity index (χ1) is 9.16. The average molecular weight is 403 g/mol. The summed E-state index contributed by atoms with van der Waals surface area (Å²) in [5, 5.41) is 0.475. The summed E-state index contributed by atoms with van der Waals surface area (Å²) in [4.78, 5) is 0. The summed E-state index contributed by atoms with van der Waals surface area (Å²) in [5.74, 6) is 0. The summed E-state index contributed by atoms with van der Waals surface area (Å²) >= 11 is 2.45. The first-order valence-corrected chi connectivity index (χ1v) is 10.2. The maximum Gasteiger partial charge on any atom is 0.223 e. The topological polar surface area (TPSA) is 9.23 Å². The number of rotatable bonds is 5. The molecule has 1 rings (SSSR count). The fraction of sp³-hybridized carbons (Fsp3) is 0.647. The van der Waals surface area contributed by atoms with E-state index < -0.39 is 9.04 Å². The van der Waals surface area contributed by atoms with Gasteiger partial charge in [-0.2, -0.15) is 0 Å². The van der Waals surface area contributed by atoms with Crippen molar-refractivity contribution in [1.82, 2.24) is 0 Å². The van der Waals surface area contributed by atoms with Gasteiger partial charge >= 0.3 is 0 Å². The summed E-state index contributed by atoms with van der Waals surface area (Å²) in [7, 11) is -0.947. The highest BCUT2D eigenvalue weighted by Gasteiger charge is 2.41. The highest BCUT2D eigenvalue weighted by atomic mass is 127. The molecule has 1 aromatic rings. The van der Waals surface area contributed by atoms with E-state index in [1.807, 2.05) is 0 Å². The molecule has 0 aliphatic heterocycles. The Morgan fingerprint density at radius 3 is 1.90 bits per heavy atom. The van der Waals surface area contributed by atoms with Crippen molar-refractivity contribution in [3.63, 3.8) is 0 Å². The van der Waals surface area contributed by atoms with Crippen molar-refractivity contribution in [2.45, 2.75) is 64.1 Å². The molecule has 0 fully saturated rings. The van der Waals surface area contributed by atoms with Crippen molar-refractivity contribution in [3.8, 4) is 0 Å². The van der Waals surface area contributed by atoms with Gasteiger partial charge in [0, 0.05) is 4.43 Å². The highest BCUT2D eigenvalue weighted by molar-refractivity contribution is 14.1. The maximum atomic E-state index is 6.70. The van der Waals surface area contributed by atoms with E-state index in [4.69, 9.17) is 4.43 Å². The molecule has 1 radical (unpaired) electrons. The van der Waals surface area contributed by atoms with E-state index in [1.165, 1.54) is 5.56 Å². The first-order valence-electron chi connectivity index (χ1n) is 7.31. The number of benzene rings is 1. The summed E-state index contributed by atoms with van der Waals surface area (Å²) in [6, 6.07) is 10.7. The smallest absolute Gasteiger partial charge is 0.223 e. The first kappa shape index (κ1) is 18.2. The molecule has 0 aliphatic carbocycles. The van der Waals surface area contributed by atoms with Gasteiger partial charge in [-0.1, -0.05) is 94.5 Å². The normalized spacial score (nSPS) is 14.6. The molecule has 0 aromatic heterocycles. The minimum atomic E-state index is -0.947. The molecule has 0 saturated heterocycles. The highest BCUT2D eigenvalue weighted by Crippen LogP contribution is 2.44. The number of hydrogen-bond donors (Lipinski definition) is 0. The molecule has 0 N–H and O–H groups in total. The van der Waals surface area contributed by atoms with Crippen molar-refractivity contribution in [2.24, 2.45) is 0 Å². The van der Waals surface area contributed by atoms with Crippen LogP contribution in [0.1, 0.15) is 59.6 Å². The lowest BCUT2D eigenvalue weighted by Crippen LogP contribution is -2.39. The standard InChI is InChI=1S/C17H28IOSi/c1-16(2,3)20(17(4,5)6)19-15(12-13-18)14-10-8-7-9-11-14/h7-11,15H,12-13H2,1-6H3. The second-order valence-electron chi connectivity index (χ2n) is 7.32. The molecule has 1 aromatic carbocycles. The zero-order valence-electron chi connectivity index (χ0n) is 13.7. The Labute approximate surface area is 140 Å². The SMILES string of the molecule is CC(C)(C)[Si](OC(CCI)c1ccccc1)C(C)(C)C. The zero-order chi connectivity index (χ0) is 15.4. The largest absolute Gasteiger partial charge is 0.409 e. The molecule has 113 valence electrons. The molecule has 3 heteroatoms. The van der Waals surface area contributed by atoms with Gasteiger partial charge in [0.25, 0.3) is 0 Å². The minimum Gasteiger partial charge on any atom is -0.409 e. The van der Waals surface area contributed by atoms with E-state index in [9.17, 15) is 0 Å². The van der Waals surface area contributed by atoms with Crippen LogP contribution in [0.5, 0.6) is 0 Å². The summed E-state index contributed by atoms with van der Waals surface area (Å²) < 4.78 is 7.83. The second-order valence-corrected chi connectivity index (χ2v) is 12.3. The van der Waals surface area contributed by atoms with E-state index in [0.29, 0.717) is 0 Å². The molecule has 1 nitrogen and oxygen atoms in total. The fourth-order valence-electron chi connectivity index (χ4n) is 2.68. The van der Waals surface area contributed by atoms with Gasteiger partial charge in [0.2, 0.25) is 9.04 Å². The molecule has 0 amide bonds. The van der Waals surface area contributed by atoms with Gasteiger partial charge < -0.3 is 4.43 Å². The van der Waals surface area contributed by atoms with Crippen LogP contribution in [0.15, 0.2) is 30.3 Å². The summed E-state index contributed by atoms with van der Waals surface area (Å²) in [5.41, 5.74) is 1.32. The van der Waals surface area contributed by atoms with Gasteiger partial charge in [0.1, 0.15) is 0 Å². The summed E-state index contributed by atoms with van der Waals surface area (Å²) in [6.45, 7) is 13.9. The van der Waals surface area contributed by atoms with Crippen LogP contribution in [0.3, 0.4) is 0 Å². The molecule has 20 heavy (non-hydrogen) atoms. The predicted molar refractivity (Wildman–Crippen MR) is 99.0 cm³/mol. The third kappa shape index (κ3) is 5.49. The van der Waals surface area contributed by atoms with Crippen LogP contribution in [0.2, 0.25) is 10.1 Å². The Balaban J connectivity index is 2.98. The van der Waals surface area contributed by atoms with Crippen molar-refractivity contribution >= 4 is 31.6 Å². The third-order valence-corrected chi connectivity index (χ3v) is 7.03. The molecular weight excluding hydrogens is 375 g/mol. The van der Waals surface area contributed by atoms with E-state index in [0.717, 1.165) is 10.8 Å². The average Bonchev–Trinajstić information content (AvgIpc) is 2.32. The second kappa shape index (κ2) is 7.41. The molecule has 0 bridgehead atoms. The number of halogens is 1. The van der Waals surface area contributed by atoms with Crippen molar-refractivity contribution in [2.75, 3.05) is 4.43 Å². The van der Waals surface area contributed by atoms with Gasteiger partial charge in [-0.05, 0) is 22.1 Å². The molecule has 1 unspecified atom stereocenters. The minimum absolute atomic E-state index is 0.237. The Morgan fingerprint density at radius 1 is 1.00 bits per heavy atom. The molecular formula is C17H28IOSi. The van der Waals surface area contributed by atoms with Crippen LogP contribution in [-0.2, 0) is 4.43 Å². The number of alkyl halides is 1. The van der Waals surface area contributed by atoms with E-state index >= 15 is 0 Å². The molecule has 0 saturated carbocycles. The Kier molecular flexibility index (Phi) is 6.73. The van der Waals surface area contributed by atoms with Crippen molar-refractivity contribution in [1.29, 1.82) is 0 Å². The quantitative estimate of drug-likeness (QED) is 0.325. The van der Waals surface area contributed by atoms with Crippen LogP contribution in [0, 0.1) is 0 Å². The molecule has 0 spiro atoms. The van der Waals surface area contributed by atoms with Gasteiger partial charge in [0.15, 0.2) is 0 Å². The van der Waals surface area contributed by atoms with Gasteiger partial charge in [-0.25, -0.2) is 0 Å². The van der Waals surface area contributed by atoms with E-state index in [1.54, 1.807) is 0 Å². The van der Waals surface area contributed by atoms with Gasteiger partial charge in [0.05, 0.1) is 6.10 Å². The molecule has 0 aliphatic rings. The maximum absolute atomic E-state index is 6.70.